The average Bonchev–Trinajstić information content (AvgIpc) is 3.16. The van der Waals surface area contributed by atoms with Crippen LogP contribution >= 0.6 is 0 Å². The Hall–Kier alpha value is -2.74. The molecule has 0 bridgehead atoms. The second-order valence-electron chi connectivity index (χ2n) is 8.03. The zero-order chi connectivity index (χ0) is 21.4. The van der Waals surface area contributed by atoms with Crippen molar-refractivity contribution in [3.05, 3.63) is 71.8 Å². The predicted molar refractivity (Wildman–Crippen MR) is 106 cm³/mol. The second kappa shape index (κ2) is 7.83. The fourth-order valence-electron chi connectivity index (χ4n) is 3.67. The van der Waals surface area contributed by atoms with Gasteiger partial charge in [0, 0.05) is 0 Å². The van der Waals surface area contributed by atoms with E-state index < -0.39 is 41.8 Å². The lowest BCUT2D eigenvalue weighted by atomic mass is 9.98. The van der Waals surface area contributed by atoms with Crippen LogP contribution in [0.25, 0.3) is 0 Å². The third-order valence-electron chi connectivity index (χ3n) is 5.12. The number of hydrogen-bond acceptors (Lipinski definition) is 7. The highest BCUT2D eigenvalue weighted by atomic mass is 16.8. The lowest BCUT2D eigenvalue weighted by Crippen LogP contribution is -2.49. The van der Waals surface area contributed by atoms with Gasteiger partial charge < -0.3 is 23.7 Å². The zero-order valence-electron chi connectivity index (χ0n) is 17.1. The summed E-state index contributed by atoms with van der Waals surface area (Å²) in [5, 5.41) is 0. The van der Waals surface area contributed by atoms with E-state index in [1.807, 2.05) is 12.1 Å². The van der Waals surface area contributed by atoms with Gasteiger partial charge in [0.05, 0.1) is 11.1 Å². The van der Waals surface area contributed by atoms with Crippen LogP contribution in [0.2, 0.25) is 0 Å². The molecule has 0 aromatic heterocycles. The summed E-state index contributed by atoms with van der Waals surface area (Å²) in [5.41, 5.74) is -0.311. The van der Waals surface area contributed by atoms with Crippen molar-refractivity contribution in [2.45, 2.75) is 50.7 Å². The average molecular weight is 412 g/mol. The molecule has 0 spiro atoms. The van der Waals surface area contributed by atoms with Gasteiger partial charge in [-0.1, -0.05) is 36.4 Å². The third-order valence-corrected chi connectivity index (χ3v) is 5.12. The van der Waals surface area contributed by atoms with E-state index >= 15 is 0 Å². The molecule has 7 nitrogen and oxygen atoms in total. The Labute approximate surface area is 174 Å². The highest BCUT2D eigenvalue weighted by Gasteiger charge is 2.62. The molecular weight excluding hydrogens is 388 g/mol. The summed E-state index contributed by atoms with van der Waals surface area (Å²) in [6.45, 7) is 5.11. The minimum Gasteiger partial charge on any atom is -0.459 e. The lowest BCUT2D eigenvalue weighted by molar-refractivity contribution is -0.241. The maximum absolute atomic E-state index is 12.7. The monoisotopic (exact) mass is 412 g/mol. The lowest BCUT2D eigenvalue weighted by Gasteiger charge is -2.32. The van der Waals surface area contributed by atoms with Crippen LogP contribution in [-0.4, -0.2) is 48.4 Å². The van der Waals surface area contributed by atoms with Gasteiger partial charge >= 0.3 is 11.9 Å². The van der Waals surface area contributed by atoms with Crippen LogP contribution < -0.4 is 0 Å². The maximum Gasteiger partial charge on any atom is 0.338 e. The molecule has 0 aliphatic carbocycles. The summed E-state index contributed by atoms with van der Waals surface area (Å²) in [7, 11) is 0. The Bertz CT molecular complexity index is 912. The Balaban J connectivity index is 1.52. The number of benzene rings is 2. The molecule has 158 valence electrons. The van der Waals surface area contributed by atoms with Crippen LogP contribution in [-0.2, 0) is 23.7 Å². The molecule has 0 unspecified atom stereocenters. The molecule has 2 aliphatic heterocycles. The Morgan fingerprint density at radius 2 is 1.40 bits per heavy atom. The smallest absolute Gasteiger partial charge is 0.338 e. The number of carbonyl (C=O) groups excluding carboxylic acids is 2. The van der Waals surface area contributed by atoms with E-state index in [1.54, 1.807) is 69.3 Å². The molecule has 0 N–H and O–H groups in total. The second-order valence-corrected chi connectivity index (χ2v) is 8.03. The number of carbonyl (C=O) groups is 2. The highest BCUT2D eigenvalue weighted by molar-refractivity contribution is 5.90. The summed E-state index contributed by atoms with van der Waals surface area (Å²) < 4.78 is 29.1. The van der Waals surface area contributed by atoms with Crippen molar-refractivity contribution in [1.29, 1.82) is 0 Å². The molecule has 0 radical (unpaired) electrons. The van der Waals surface area contributed by atoms with Crippen molar-refractivity contribution in [2.24, 2.45) is 0 Å². The van der Waals surface area contributed by atoms with Crippen molar-refractivity contribution in [3.63, 3.8) is 0 Å². The first kappa shape index (κ1) is 20.5. The molecule has 2 aromatic carbocycles. The Kier molecular flexibility index (Phi) is 5.36. The van der Waals surface area contributed by atoms with E-state index in [-0.39, 0.29) is 6.61 Å². The van der Waals surface area contributed by atoms with Crippen LogP contribution in [0, 0.1) is 0 Å². The summed E-state index contributed by atoms with van der Waals surface area (Å²) in [5.74, 6) is -1.89. The van der Waals surface area contributed by atoms with Crippen LogP contribution in [0.15, 0.2) is 60.7 Å². The number of fused-ring (bicyclic) bond motifs is 1. The summed E-state index contributed by atoms with van der Waals surface area (Å²) in [6, 6.07) is 17.3. The number of hydrogen-bond donors (Lipinski definition) is 0. The van der Waals surface area contributed by atoms with Gasteiger partial charge in [-0.05, 0) is 45.0 Å². The molecule has 30 heavy (non-hydrogen) atoms. The van der Waals surface area contributed by atoms with Crippen molar-refractivity contribution in [1.82, 2.24) is 0 Å². The van der Waals surface area contributed by atoms with Crippen LogP contribution in [0.5, 0.6) is 0 Å². The van der Waals surface area contributed by atoms with E-state index in [4.69, 9.17) is 23.7 Å². The Morgan fingerprint density at radius 3 is 2.00 bits per heavy atom. The highest BCUT2D eigenvalue weighted by Crippen LogP contribution is 2.44. The van der Waals surface area contributed by atoms with Crippen LogP contribution in [0.4, 0.5) is 0 Å². The summed E-state index contributed by atoms with van der Waals surface area (Å²) >= 11 is 0. The number of ether oxygens (including phenoxy) is 5. The van der Waals surface area contributed by atoms with Gasteiger partial charge in [0.25, 0.3) is 0 Å². The van der Waals surface area contributed by atoms with Gasteiger partial charge in [-0.2, -0.15) is 0 Å². The van der Waals surface area contributed by atoms with Gasteiger partial charge in [-0.15, -0.1) is 0 Å². The summed E-state index contributed by atoms with van der Waals surface area (Å²) in [6.07, 6.45) is -2.22. The molecule has 2 fully saturated rings. The van der Waals surface area contributed by atoms with Gasteiger partial charge in [0.2, 0.25) is 0 Å². The standard InChI is InChI=1S/C23H24O7/c1-22(2)28-17-18(27-20(25)16-12-8-5-9-13-16)23(3,30-21(17)29-22)14-26-19(24)15-10-6-4-7-11-15/h4-13,17-18,21H,14H2,1-3H3/t17-,18+,21+,23-/m1/s1. The van der Waals surface area contributed by atoms with Gasteiger partial charge in [-0.25, -0.2) is 9.59 Å². The number of esters is 2. The van der Waals surface area contributed by atoms with Gasteiger partial charge in [0.1, 0.15) is 12.2 Å². The molecule has 4 rings (SSSR count). The van der Waals surface area contributed by atoms with E-state index in [2.05, 4.69) is 0 Å². The molecule has 0 saturated carbocycles. The molecule has 2 saturated heterocycles. The number of rotatable bonds is 5. The van der Waals surface area contributed by atoms with Gasteiger partial charge in [0.15, 0.2) is 24.3 Å². The predicted octanol–water partition coefficient (Wildman–Crippen LogP) is 3.34. The quantitative estimate of drug-likeness (QED) is 0.697. The fourth-order valence-corrected chi connectivity index (χ4v) is 3.67. The molecule has 4 atom stereocenters. The first-order valence-electron chi connectivity index (χ1n) is 9.79. The van der Waals surface area contributed by atoms with Crippen molar-refractivity contribution >= 4 is 11.9 Å². The van der Waals surface area contributed by atoms with Crippen molar-refractivity contribution in [2.75, 3.05) is 6.61 Å². The molecule has 0 amide bonds. The Morgan fingerprint density at radius 1 is 0.833 bits per heavy atom. The third kappa shape index (κ3) is 4.09. The summed E-state index contributed by atoms with van der Waals surface area (Å²) in [4.78, 5) is 25.1. The van der Waals surface area contributed by atoms with E-state index in [9.17, 15) is 9.59 Å². The first-order valence-corrected chi connectivity index (χ1v) is 9.79. The maximum atomic E-state index is 12.7. The van der Waals surface area contributed by atoms with E-state index in [0.29, 0.717) is 11.1 Å². The van der Waals surface area contributed by atoms with E-state index in [1.165, 1.54) is 0 Å². The SMILES string of the molecule is CC1(C)O[C@H]2O[C@](C)(COC(=O)c3ccccc3)[C@@H](OC(=O)c3ccccc3)[C@H]2O1. The minimum absolute atomic E-state index is 0.131. The van der Waals surface area contributed by atoms with Crippen molar-refractivity contribution in [3.8, 4) is 0 Å². The van der Waals surface area contributed by atoms with Crippen molar-refractivity contribution < 1.29 is 33.3 Å². The van der Waals surface area contributed by atoms with E-state index in [0.717, 1.165) is 0 Å². The molecule has 7 heteroatoms. The molecular formula is C23H24O7. The molecule has 2 aromatic rings. The van der Waals surface area contributed by atoms with Crippen LogP contribution in [0.1, 0.15) is 41.5 Å². The minimum atomic E-state index is -1.14. The zero-order valence-corrected chi connectivity index (χ0v) is 17.1. The first-order chi connectivity index (χ1) is 14.3. The molecule has 2 heterocycles. The topological polar surface area (TPSA) is 80.3 Å². The largest absolute Gasteiger partial charge is 0.459 e. The van der Waals surface area contributed by atoms with Crippen LogP contribution in [0.3, 0.4) is 0 Å². The molecule has 2 aliphatic rings. The van der Waals surface area contributed by atoms with Gasteiger partial charge in [-0.3, -0.25) is 0 Å². The normalized spacial score (nSPS) is 29.2. The fraction of sp³-hybridized carbons (Fsp3) is 0.391.